The second-order valence-electron chi connectivity index (χ2n) is 9.12. The molecule has 0 bridgehead atoms. The molecule has 0 radical (unpaired) electrons. The zero-order valence-corrected chi connectivity index (χ0v) is 20.4. The van der Waals surface area contributed by atoms with E-state index in [0.717, 1.165) is 36.7 Å². The van der Waals surface area contributed by atoms with E-state index >= 15 is 0 Å². The molecule has 2 aliphatic rings. The van der Waals surface area contributed by atoms with Crippen LogP contribution in [0.15, 0.2) is 60.9 Å². The van der Waals surface area contributed by atoms with E-state index in [1.807, 2.05) is 24.3 Å². The Morgan fingerprint density at radius 2 is 1.78 bits per heavy atom. The van der Waals surface area contributed by atoms with Crippen LogP contribution in [0.25, 0.3) is 10.8 Å². The number of aromatic nitrogens is 1. The number of hydrogen-bond donors (Lipinski definition) is 2. The van der Waals surface area contributed by atoms with Crippen LogP contribution >= 0.6 is 11.6 Å². The Balaban J connectivity index is 1.33. The standard InChI is InChI=1S/C27H27ClN4O4/c28-19-8-5-7-17(14-19)24(26(34)30-21-16-29-15-18-6-1-2-9-20(18)21)31-25(33)22-10-11-23(36-22)27(35)32-12-3-4-13-32/h1-2,5-9,14-16,22-24H,3-4,10-13H2,(H,30,34)(H,31,33)/t22-,23+,24?/m1/s1. The molecule has 9 heteroatoms. The molecule has 2 aliphatic heterocycles. The number of nitrogens with zero attached hydrogens (tertiary/aromatic N) is 2. The molecule has 0 aliphatic carbocycles. The maximum Gasteiger partial charge on any atom is 0.251 e. The maximum absolute atomic E-state index is 13.5. The van der Waals surface area contributed by atoms with Gasteiger partial charge in [-0.25, -0.2) is 0 Å². The van der Waals surface area contributed by atoms with Gasteiger partial charge < -0.3 is 20.3 Å². The van der Waals surface area contributed by atoms with Crippen molar-refractivity contribution in [1.29, 1.82) is 0 Å². The van der Waals surface area contributed by atoms with Crippen molar-refractivity contribution < 1.29 is 19.1 Å². The van der Waals surface area contributed by atoms with E-state index in [1.165, 1.54) is 0 Å². The molecule has 1 aromatic heterocycles. The number of nitrogens with one attached hydrogen (secondary N) is 2. The number of carbonyl (C=O) groups is 3. The molecule has 2 aromatic carbocycles. The predicted octanol–water partition coefficient (Wildman–Crippen LogP) is 3.85. The van der Waals surface area contributed by atoms with E-state index in [0.29, 0.717) is 29.1 Å². The zero-order valence-electron chi connectivity index (χ0n) is 19.7. The molecule has 36 heavy (non-hydrogen) atoms. The summed E-state index contributed by atoms with van der Waals surface area (Å²) in [4.78, 5) is 45.4. The number of likely N-dealkylation sites (tertiary alicyclic amines) is 1. The van der Waals surface area contributed by atoms with Gasteiger partial charge in [-0.2, -0.15) is 0 Å². The highest BCUT2D eigenvalue weighted by Crippen LogP contribution is 2.27. The second kappa shape index (κ2) is 10.6. The monoisotopic (exact) mass is 506 g/mol. The summed E-state index contributed by atoms with van der Waals surface area (Å²) in [6.07, 6.45) is 4.73. The molecule has 3 heterocycles. The zero-order chi connectivity index (χ0) is 25.1. The predicted molar refractivity (Wildman–Crippen MR) is 136 cm³/mol. The second-order valence-corrected chi connectivity index (χ2v) is 9.55. The fourth-order valence-electron chi connectivity index (χ4n) is 4.80. The van der Waals surface area contributed by atoms with E-state index in [2.05, 4.69) is 15.6 Å². The molecule has 0 spiro atoms. The third-order valence-electron chi connectivity index (χ3n) is 6.66. The van der Waals surface area contributed by atoms with E-state index < -0.39 is 30.1 Å². The first kappa shape index (κ1) is 24.2. The van der Waals surface area contributed by atoms with Crippen LogP contribution in [-0.2, 0) is 19.1 Å². The van der Waals surface area contributed by atoms with Crippen molar-refractivity contribution in [2.24, 2.45) is 0 Å². The van der Waals surface area contributed by atoms with Crippen LogP contribution in [0.1, 0.15) is 37.3 Å². The van der Waals surface area contributed by atoms with Gasteiger partial charge in [0.25, 0.3) is 11.8 Å². The van der Waals surface area contributed by atoms with E-state index in [-0.39, 0.29) is 5.91 Å². The number of ether oxygens (including phenoxy) is 1. The number of hydrogen-bond acceptors (Lipinski definition) is 5. The van der Waals surface area contributed by atoms with Gasteiger partial charge in [0.1, 0.15) is 18.2 Å². The summed E-state index contributed by atoms with van der Waals surface area (Å²) in [6, 6.07) is 13.3. The first-order valence-corrected chi connectivity index (χ1v) is 12.5. The summed E-state index contributed by atoms with van der Waals surface area (Å²) < 4.78 is 5.84. The molecule has 3 aromatic rings. The molecular weight excluding hydrogens is 480 g/mol. The van der Waals surface area contributed by atoms with Crippen molar-refractivity contribution in [2.75, 3.05) is 18.4 Å². The number of carbonyl (C=O) groups excluding carboxylic acids is 3. The number of halogens is 1. The lowest BCUT2D eigenvalue weighted by molar-refractivity contribution is -0.146. The molecule has 3 amide bonds. The highest BCUT2D eigenvalue weighted by atomic mass is 35.5. The van der Waals surface area contributed by atoms with Crippen molar-refractivity contribution in [1.82, 2.24) is 15.2 Å². The normalized spacial score (nSPS) is 20.3. The molecule has 5 rings (SSSR count). The number of rotatable bonds is 6. The van der Waals surface area contributed by atoms with Crippen LogP contribution in [0, 0.1) is 0 Å². The smallest absolute Gasteiger partial charge is 0.251 e. The SMILES string of the molecule is O=C(Nc1cncc2ccccc12)C(NC(=O)[C@H]1CC[C@@H](C(=O)N2CCCC2)O1)c1cccc(Cl)c1. The van der Waals surface area contributed by atoms with Gasteiger partial charge >= 0.3 is 0 Å². The summed E-state index contributed by atoms with van der Waals surface area (Å²) >= 11 is 6.19. The quantitative estimate of drug-likeness (QED) is 0.529. The number of anilines is 1. The van der Waals surface area contributed by atoms with Gasteiger partial charge in [0, 0.05) is 35.1 Å². The van der Waals surface area contributed by atoms with Crippen LogP contribution in [0.2, 0.25) is 5.02 Å². The molecule has 2 N–H and O–H groups in total. The lowest BCUT2D eigenvalue weighted by atomic mass is 10.0. The fraction of sp³-hybridized carbons (Fsp3) is 0.333. The van der Waals surface area contributed by atoms with Crippen molar-refractivity contribution in [3.8, 4) is 0 Å². The fourth-order valence-corrected chi connectivity index (χ4v) is 4.99. The lowest BCUT2D eigenvalue weighted by Gasteiger charge is -2.22. The summed E-state index contributed by atoms with van der Waals surface area (Å²) in [5, 5.41) is 7.88. The van der Waals surface area contributed by atoms with Crippen molar-refractivity contribution in [3.05, 3.63) is 71.5 Å². The third kappa shape index (κ3) is 5.20. The van der Waals surface area contributed by atoms with Gasteiger partial charge in [-0.3, -0.25) is 19.4 Å². The average molecular weight is 507 g/mol. The van der Waals surface area contributed by atoms with E-state index in [4.69, 9.17) is 16.3 Å². The first-order valence-electron chi connectivity index (χ1n) is 12.1. The number of benzene rings is 2. The topological polar surface area (TPSA) is 101 Å². The summed E-state index contributed by atoms with van der Waals surface area (Å²) in [5.74, 6) is -0.940. The van der Waals surface area contributed by atoms with Crippen LogP contribution in [0.5, 0.6) is 0 Å². The largest absolute Gasteiger partial charge is 0.355 e. The summed E-state index contributed by atoms with van der Waals surface area (Å²) in [5.41, 5.74) is 1.07. The van der Waals surface area contributed by atoms with Crippen molar-refractivity contribution in [2.45, 2.75) is 43.9 Å². The minimum absolute atomic E-state index is 0.0598. The summed E-state index contributed by atoms with van der Waals surface area (Å²) in [6.45, 7) is 1.46. The molecule has 186 valence electrons. The molecule has 1 unspecified atom stereocenters. The Morgan fingerprint density at radius 3 is 2.58 bits per heavy atom. The van der Waals surface area contributed by atoms with Crippen LogP contribution in [-0.4, -0.2) is 52.9 Å². The van der Waals surface area contributed by atoms with Crippen LogP contribution in [0.3, 0.4) is 0 Å². The Bertz CT molecular complexity index is 1290. The van der Waals surface area contributed by atoms with E-state index in [9.17, 15) is 14.4 Å². The minimum Gasteiger partial charge on any atom is -0.355 e. The Hall–Kier alpha value is -3.49. The summed E-state index contributed by atoms with van der Waals surface area (Å²) in [7, 11) is 0. The Kier molecular flexibility index (Phi) is 7.16. The van der Waals surface area contributed by atoms with Crippen LogP contribution < -0.4 is 10.6 Å². The molecule has 8 nitrogen and oxygen atoms in total. The average Bonchev–Trinajstić information content (AvgIpc) is 3.60. The van der Waals surface area contributed by atoms with Gasteiger partial charge in [-0.1, -0.05) is 48.0 Å². The maximum atomic E-state index is 13.5. The van der Waals surface area contributed by atoms with Crippen molar-refractivity contribution in [3.63, 3.8) is 0 Å². The third-order valence-corrected chi connectivity index (χ3v) is 6.90. The number of fused-ring (bicyclic) bond motifs is 1. The molecule has 2 fully saturated rings. The molecule has 2 saturated heterocycles. The van der Waals surface area contributed by atoms with Gasteiger partial charge in [0.05, 0.1) is 11.9 Å². The van der Waals surface area contributed by atoms with Crippen LogP contribution in [0.4, 0.5) is 5.69 Å². The molecule has 0 saturated carbocycles. The number of amides is 3. The highest BCUT2D eigenvalue weighted by Gasteiger charge is 2.38. The lowest BCUT2D eigenvalue weighted by Crippen LogP contribution is -2.43. The van der Waals surface area contributed by atoms with Gasteiger partial charge in [-0.15, -0.1) is 0 Å². The van der Waals surface area contributed by atoms with Gasteiger partial charge in [0.2, 0.25) is 5.91 Å². The minimum atomic E-state index is -1.02. The number of pyridine rings is 1. The highest BCUT2D eigenvalue weighted by molar-refractivity contribution is 6.30. The first-order chi connectivity index (χ1) is 17.5. The van der Waals surface area contributed by atoms with Crippen molar-refractivity contribution >= 4 is 45.8 Å². The Labute approximate surface area is 214 Å². The molecule has 3 atom stereocenters. The van der Waals surface area contributed by atoms with Gasteiger partial charge in [-0.05, 0) is 43.4 Å². The Morgan fingerprint density at radius 1 is 1.00 bits per heavy atom. The van der Waals surface area contributed by atoms with E-state index in [1.54, 1.807) is 41.6 Å². The molecular formula is C27H27ClN4O4. The van der Waals surface area contributed by atoms with Gasteiger partial charge in [0.15, 0.2) is 0 Å².